The van der Waals surface area contributed by atoms with Crippen molar-refractivity contribution in [3.8, 4) is 0 Å². The zero-order valence-electron chi connectivity index (χ0n) is 9.79. The first kappa shape index (κ1) is 13.1. The molecule has 0 bridgehead atoms. The van der Waals surface area contributed by atoms with Crippen LogP contribution < -0.4 is 11.1 Å². The van der Waals surface area contributed by atoms with Crippen molar-refractivity contribution in [2.24, 2.45) is 16.3 Å². The fraction of sp³-hybridized carbons (Fsp3) is 0.417. The number of nitrogens with two attached hydrogens (primary N) is 1. The van der Waals surface area contributed by atoms with Crippen LogP contribution in [-0.2, 0) is 0 Å². The highest BCUT2D eigenvalue weighted by Crippen LogP contribution is 2.48. The topological polar surface area (TPSA) is 70.6 Å². The zero-order valence-corrected chi connectivity index (χ0v) is 11.4. The van der Waals surface area contributed by atoms with Gasteiger partial charge in [-0.15, -0.1) is 0 Å². The molecule has 1 aromatic rings. The molecule has 1 aliphatic rings. The standard InChI is InChI=1S/C12H15BrFN3O/c13-9-2-1-8(5-10(9)14)16-7-12(3-4-12)6-11(15)17-18/h1-2,5,16,18H,3-4,6-7H2,(H2,15,17). The van der Waals surface area contributed by atoms with E-state index in [9.17, 15) is 4.39 Å². The normalized spacial score (nSPS) is 17.6. The summed E-state index contributed by atoms with van der Waals surface area (Å²) in [5.41, 5.74) is 6.31. The average Bonchev–Trinajstić information content (AvgIpc) is 3.11. The van der Waals surface area contributed by atoms with Crippen LogP contribution in [0.1, 0.15) is 19.3 Å². The Bertz CT molecular complexity index is 474. The van der Waals surface area contributed by atoms with E-state index < -0.39 is 0 Å². The molecule has 0 saturated heterocycles. The molecule has 0 atom stereocenters. The number of hydrogen-bond donors (Lipinski definition) is 3. The largest absolute Gasteiger partial charge is 0.409 e. The number of rotatable bonds is 5. The van der Waals surface area contributed by atoms with Crippen LogP contribution >= 0.6 is 15.9 Å². The lowest BCUT2D eigenvalue weighted by Crippen LogP contribution is -2.23. The van der Waals surface area contributed by atoms with E-state index in [0.29, 0.717) is 17.4 Å². The van der Waals surface area contributed by atoms with Gasteiger partial charge in [-0.2, -0.15) is 0 Å². The van der Waals surface area contributed by atoms with E-state index in [2.05, 4.69) is 26.4 Å². The van der Waals surface area contributed by atoms with Gasteiger partial charge in [0.05, 0.1) is 4.47 Å². The summed E-state index contributed by atoms with van der Waals surface area (Å²) in [5.74, 6) is -0.0439. The molecule has 0 amide bonds. The molecule has 6 heteroatoms. The van der Waals surface area contributed by atoms with Crippen molar-refractivity contribution in [1.82, 2.24) is 0 Å². The van der Waals surface area contributed by atoms with Gasteiger partial charge in [-0.1, -0.05) is 5.16 Å². The molecular weight excluding hydrogens is 301 g/mol. The molecule has 0 aromatic heterocycles. The van der Waals surface area contributed by atoms with Crippen LogP contribution in [0.5, 0.6) is 0 Å². The first-order chi connectivity index (χ1) is 8.54. The van der Waals surface area contributed by atoms with Crippen LogP contribution in [0, 0.1) is 11.2 Å². The Morgan fingerprint density at radius 3 is 2.83 bits per heavy atom. The number of nitrogens with one attached hydrogen (secondary N) is 1. The molecule has 98 valence electrons. The molecular formula is C12H15BrFN3O. The number of hydrogen-bond acceptors (Lipinski definition) is 3. The van der Waals surface area contributed by atoms with E-state index >= 15 is 0 Å². The number of anilines is 1. The smallest absolute Gasteiger partial charge is 0.139 e. The minimum Gasteiger partial charge on any atom is -0.409 e. The molecule has 0 spiro atoms. The summed E-state index contributed by atoms with van der Waals surface area (Å²) >= 11 is 3.11. The van der Waals surface area contributed by atoms with Gasteiger partial charge in [0.2, 0.25) is 0 Å². The summed E-state index contributed by atoms with van der Waals surface area (Å²) in [7, 11) is 0. The second kappa shape index (κ2) is 5.14. The van der Waals surface area contributed by atoms with Crippen LogP contribution in [0.4, 0.5) is 10.1 Å². The third-order valence-corrected chi connectivity index (χ3v) is 3.87. The molecule has 2 rings (SSSR count). The van der Waals surface area contributed by atoms with Crippen molar-refractivity contribution in [1.29, 1.82) is 0 Å². The van der Waals surface area contributed by atoms with Gasteiger partial charge in [-0.05, 0) is 52.4 Å². The minimum atomic E-state index is -0.290. The van der Waals surface area contributed by atoms with Gasteiger partial charge < -0.3 is 16.3 Å². The van der Waals surface area contributed by atoms with Crippen molar-refractivity contribution in [2.75, 3.05) is 11.9 Å². The predicted molar refractivity (Wildman–Crippen MR) is 72.3 cm³/mol. The monoisotopic (exact) mass is 315 g/mol. The molecule has 4 nitrogen and oxygen atoms in total. The van der Waals surface area contributed by atoms with Gasteiger partial charge in [0, 0.05) is 18.7 Å². The molecule has 0 heterocycles. The van der Waals surface area contributed by atoms with Crippen LogP contribution in [0.15, 0.2) is 27.8 Å². The molecule has 1 aliphatic carbocycles. The van der Waals surface area contributed by atoms with E-state index in [1.165, 1.54) is 6.07 Å². The maximum absolute atomic E-state index is 13.3. The molecule has 0 unspecified atom stereocenters. The molecule has 1 fully saturated rings. The Morgan fingerprint density at radius 2 is 2.28 bits per heavy atom. The number of benzene rings is 1. The first-order valence-electron chi connectivity index (χ1n) is 5.70. The zero-order chi connectivity index (χ0) is 13.2. The van der Waals surface area contributed by atoms with Gasteiger partial charge in [-0.25, -0.2) is 4.39 Å². The number of nitrogens with zero attached hydrogens (tertiary/aromatic N) is 1. The van der Waals surface area contributed by atoms with E-state index in [-0.39, 0.29) is 17.1 Å². The van der Waals surface area contributed by atoms with Crippen molar-refractivity contribution in [2.45, 2.75) is 19.3 Å². The van der Waals surface area contributed by atoms with E-state index in [1.54, 1.807) is 6.07 Å². The summed E-state index contributed by atoms with van der Waals surface area (Å²) in [6, 6.07) is 4.93. The second-order valence-electron chi connectivity index (χ2n) is 4.75. The lowest BCUT2D eigenvalue weighted by atomic mass is 10.0. The Labute approximate surface area is 113 Å². The summed E-state index contributed by atoms with van der Waals surface area (Å²) in [5, 5.41) is 14.8. The van der Waals surface area contributed by atoms with Crippen LogP contribution in [0.25, 0.3) is 0 Å². The highest BCUT2D eigenvalue weighted by atomic mass is 79.9. The molecule has 0 aliphatic heterocycles. The molecule has 1 saturated carbocycles. The van der Waals surface area contributed by atoms with Gasteiger partial charge in [0.25, 0.3) is 0 Å². The van der Waals surface area contributed by atoms with Crippen molar-refractivity contribution in [3.05, 3.63) is 28.5 Å². The van der Waals surface area contributed by atoms with Crippen molar-refractivity contribution < 1.29 is 9.60 Å². The third-order valence-electron chi connectivity index (χ3n) is 3.23. The SMILES string of the molecule is NC(CC1(CNc2ccc(Br)c(F)c2)CC1)=NO. The highest BCUT2D eigenvalue weighted by molar-refractivity contribution is 9.10. The summed E-state index contributed by atoms with van der Waals surface area (Å²) in [6.07, 6.45) is 2.64. The van der Waals surface area contributed by atoms with E-state index in [4.69, 9.17) is 10.9 Å². The van der Waals surface area contributed by atoms with Gasteiger partial charge >= 0.3 is 0 Å². The van der Waals surface area contributed by atoms with Crippen LogP contribution in [0.2, 0.25) is 0 Å². The number of amidine groups is 1. The fourth-order valence-electron chi connectivity index (χ4n) is 1.91. The minimum absolute atomic E-state index is 0.0554. The van der Waals surface area contributed by atoms with E-state index in [1.807, 2.05) is 6.07 Å². The Kier molecular flexibility index (Phi) is 3.75. The first-order valence-corrected chi connectivity index (χ1v) is 6.49. The Balaban J connectivity index is 1.93. The number of oxime groups is 1. The average molecular weight is 316 g/mol. The molecule has 18 heavy (non-hydrogen) atoms. The van der Waals surface area contributed by atoms with Gasteiger partial charge in [0.1, 0.15) is 11.7 Å². The lowest BCUT2D eigenvalue weighted by Gasteiger charge is -2.16. The van der Waals surface area contributed by atoms with Crippen LogP contribution in [0.3, 0.4) is 0 Å². The fourth-order valence-corrected chi connectivity index (χ4v) is 2.15. The lowest BCUT2D eigenvalue weighted by molar-refractivity contribution is 0.315. The highest BCUT2D eigenvalue weighted by Gasteiger charge is 2.43. The van der Waals surface area contributed by atoms with Crippen molar-refractivity contribution in [3.63, 3.8) is 0 Å². The summed E-state index contributed by atoms with van der Waals surface area (Å²) < 4.78 is 13.8. The predicted octanol–water partition coefficient (Wildman–Crippen LogP) is 2.92. The maximum atomic E-state index is 13.3. The second-order valence-corrected chi connectivity index (χ2v) is 5.60. The summed E-state index contributed by atoms with van der Waals surface area (Å²) in [4.78, 5) is 0. The Morgan fingerprint density at radius 1 is 1.56 bits per heavy atom. The maximum Gasteiger partial charge on any atom is 0.139 e. The van der Waals surface area contributed by atoms with Gasteiger partial charge in [-0.3, -0.25) is 0 Å². The Hall–Kier alpha value is -1.30. The van der Waals surface area contributed by atoms with E-state index in [0.717, 1.165) is 18.5 Å². The molecule has 0 radical (unpaired) electrons. The van der Waals surface area contributed by atoms with Crippen LogP contribution in [-0.4, -0.2) is 17.6 Å². The third kappa shape index (κ3) is 3.13. The molecule has 4 N–H and O–H groups in total. The summed E-state index contributed by atoms with van der Waals surface area (Å²) in [6.45, 7) is 0.699. The molecule has 1 aromatic carbocycles. The number of halogens is 2. The van der Waals surface area contributed by atoms with Crippen molar-refractivity contribution >= 4 is 27.5 Å². The van der Waals surface area contributed by atoms with Gasteiger partial charge in [0.15, 0.2) is 0 Å². The quantitative estimate of drug-likeness (QED) is 0.338.